The van der Waals surface area contributed by atoms with Crippen LogP contribution in [0.5, 0.6) is 5.88 Å². The molecule has 0 aliphatic rings. The molecule has 0 aliphatic heterocycles. The van der Waals surface area contributed by atoms with Crippen LogP contribution in [0.2, 0.25) is 0 Å². The zero-order valence-electron chi connectivity index (χ0n) is 9.03. The summed E-state index contributed by atoms with van der Waals surface area (Å²) in [4.78, 5) is 3.91. The van der Waals surface area contributed by atoms with Gasteiger partial charge in [-0.1, -0.05) is 18.2 Å². The van der Waals surface area contributed by atoms with Gasteiger partial charge in [0.1, 0.15) is 6.07 Å². The van der Waals surface area contributed by atoms with Gasteiger partial charge in [-0.05, 0) is 6.07 Å². The minimum atomic E-state index is -4.43. The smallest absolute Gasteiger partial charge is 0.422 e. The van der Waals surface area contributed by atoms with Gasteiger partial charge < -0.3 is 4.74 Å². The van der Waals surface area contributed by atoms with Gasteiger partial charge in [0.25, 0.3) is 0 Å². The van der Waals surface area contributed by atoms with E-state index in [1.807, 2.05) is 6.07 Å². The third-order valence-corrected chi connectivity index (χ3v) is 2.20. The van der Waals surface area contributed by atoms with Crippen molar-refractivity contribution in [2.24, 2.45) is 0 Å². The van der Waals surface area contributed by atoms with Crippen molar-refractivity contribution < 1.29 is 17.9 Å². The quantitative estimate of drug-likeness (QED) is 0.825. The largest absolute Gasteiger partial charge is 0.468 e. The predicted octanol–water partition coefficient (Wildman–Crippen LogP) is 3.05. The molecule has 0 spiro atoms. The Morgan fingerprint density at radius 3 is 2.67 bits per heavy atom. The summed E-state index contributed by atoms with van der Waals surface area (Å²) in [5.74, 6) is -0.206. The SMILES string of the molecule is N#Cc1cc(OCC(F)(F)F)nc2ccccc12. The van der Waals surface area contributed by atoms with E-state index >= 15 is 0 Å². The summed E-state index contributed by atoms with van der Waals surface area (Å²) >= 11 is 0. The Hall–Kier alpha value is -2.29. The monoisotopic (exact) mass is 252 g/mol. The second-order valence-electron chi connectivity index (χ2n) is 3.54. The van der Waals surface area contributed by atoms with E-state index in [9.17, 15) is 13.2 Å². The number of halogens is 3. The van der Waals surface area contributed by atoms with E-state index in [0.717, 1.165) is 0 Å². The van der Waals surface area contributed by atoms with Crippen LogP contribution in [0.25, 0.3) is 10.9 Å². The Bertz CT molecular complexity index is 617. The molecule has 18 heavy (non-hydrogen) atoms. The lowest BCUT2D eigenvalue weighted by Crippen LogP contribution is -2.19. The number of pyridine rings is 1. The zero-order valence-corrected chi connectivity index (χ0v) is 9.03. The van der Waals surface area contributed by atoms with Crippen molar-refractivity contribution in [3.63, 3.8) is 0 Å². The van der Waals surface area contributed by atoms with Gasteiger partial charge in [0, 0.05) is 11.5 Å². The highest BCUT2D eigenvalue weighted by molar-refractivity contribution is 5.85. The van der Waals surface area contributed by atoms with Gasteiger partial charge in [-0.3, -0.25) is 0 Å². The summed E-state index contributed by atoms with van der Waals surface area (Å²) in [6.45, 7) is -1.43. The summed E-state index contributed by atoms with van der Waals surface area (Å²) in [5, 5.41) is 9.52. The van der Waals surface area contributed by atoms with Crippen LogP contribution in [0.4, 0.5) is 13.2 Å². The normalized spacial score (nSPS) is 11.2. The second-order valence-corrected chi connectivity index (χ2v) is 3.54. The van der Waals surface area contributed by atoms with E-state index in [4.69, 9.17) is 5.26 Å². The lowest BCUT2D eigenvalue weighted by Gasteiger charge is -2.09. The Morgan fingerprint density at radius 2 is 2.00 bits per heavy atom. The number of nitriles is 1. The summed E-state index contributed by atoms with van der Waals surface area (Å²) in [6, 6.07) is 9.80. The highest BCUT2D eigenvalue weighted by atomic mass is 19.4. The molecular weight excluding hydrogens is 245 g/mol. The fourth-order valence-corrected chi connectivity index (χ4v) is 1.47. The molecular formula is C12H7F3N2O. The number of aromatic nitrogens is 1. The molecule has 0 unspecified atom stereocenters. The van der Waals surface area contributed by atoms with E-state index in [-0.39, 0.29) is 11.4 Å². The molecule has 0 saturated carbocycles. The average molecular weight is 252 g/mol. The number of ether oxygens (including phenoxy) is 1. The molecule has 0 saturated heterocycles. The minimum Gasteiger partial charge on any atom is -0.468 e. The van der Waals surface area contributed by atoms with E-state index in [1.54, 1.807) is 24.3 Å². The second kappa shape index (κ2) is 4.53. The zero-order chi connectivity index (χ0) is 13.2. The van der Waals surface area contributed by atoms with Gasteiger partial charge in [-0.25, -0.2) is 4.98 Å². The molecule has 0 bridgehead atoms. The molecule has 0 atom stereocenters. The van der Waals surface area contributed by atoms with Crippen molar-refractivity contribution in [2.75, 3.05) is 6.61 Å². The van der Waals surface area contributed by atoms with Crippen molar-refractivity contribution in [2.45, 2.75) is 6.18 Å². The van der Waals surface area contributed by atoms with Crippen LogP contribution in [0.3, 0.4) is 0 Å². The number of nitrogens with zero attached hydrogens (tertiary/aromatic N) is 2. The molecule has 2 rings (SSSR count). The van der Waals surface area contributed by atoms with Crippen LogP contribution < -0.4 is 4.74 Å². The highest BCUT2D eigenvalue weighted by Crippen LogP contribution is 2.23. The predicted molar refractivity (Wildman–Crippen MR) is 58.0 cm³/mol. The minimum absolute atomic E-state index is 0.206. The number of hydrogen-bond acceptors (Lipinski definition) is 3. The molecule has 6 heteroatoms. The maximum atomic E-state index is 12.0. The topological polar surface area (TPSA) is 45.9 Å². The number of alkyl halides is 3. The summed E-state index contributed by atoms with van der Waals surface area (Å²) in [6.07, 6.45) is -4.43. The number of hydrogen-bond donors (Lipinski definition) is 0. The van der Waals surface area contributed by atoms with Crippen molar-refractivity contribution in [3.05, 3.63) is 35.9 Å². The first-order valence-corrected chi connectivity index (χ1v) is 4.99. The first kappa shape index (κ1) is 12.2. The molecule has 0 fully saturated rings. The highest BCUT2D eigenvalue weighted by Gasteiger charge is 2.28. The maximum absolute atomic E-state index is 12.0. The van der Waals surface area contributed by atoms with E-state index in [1.165, 1.54) is 6.07 Å². The summed E-state index contributed by atoms with van der Waals surface area (Å²) in [5.41, 5.74) is 0.659. The fourth-order valence-electron chi connectivity index (χ4n) is 1.47. The molecule has 0 amide bonds. The van der Waals surface area contributed by atoms with Gasteiger partial charge in [0.15, 0.2) is 6.61 Å². The number of rotatable bonds is 2. The van der Waals surface area contributed by atoms with Gasteiger partial charge >= 0.3 is 6.18 Å². The number of fused-ring (bicyclic) bond motifs is 1. The Morgan fingerprint density at radius 1 is 1.28 bits per heavy atom. The standard InChI is InChI=1S/C12H7F3N2O/c13-12(14,15)7-18-11-5-8(6-16)9-3-1-2-4-10(9)17-11/h1-5H,7H2. The average Bonchev–Trinajstić information content (AvgIpc) is 2.34. The first-order valence-electron chi connectivity index (χ1n) is 4.99. The van der Waals surface area contributed by atoms with Crippen molar-refractivity contribution in [1.29, 1.82) is 5.26 Å². The van der Waals surface area contributed by atoms with Gasteiger partial charge in [-0.2, -0.15) is 18.4 Å². The molecule has 3 nitrogen and oxygen atoms in total. The molecule has 1 aromatic carbocycles. The third-order valence-electron chi connectivity index (χ3n) is 2.20. The van der Waals surface area contributed by atoms with Gasteiger partial charge in [-0.15, -0.1) is 0 Å². The van der Waals surface area contributed by atoms with E-state index in [0.29, 0.717) is 10.9 Å². The van der Waals surface area contributed by atoms with Crippen molar-refractivity contribution in [1.82, 2.24) is 4.98 Å². The molecule has 0 radical (unpaired) electrons. The van der Waals surface area contributed by atoms with Crippen LogP contribution in [-0.2, 0) is 0 Å². The molecule has 0 N–H and O–H groups in total. The maximum Gasteiger partial charge on any atom is 0.422 e. The number of benzene rings is 1. The van der Waals surface area contributed by atoms with Crippen LogP contribution in [0, 0.1) is 11.3 Å². The Balaban J connectivity index is 2.39. The molecule has 2 aromatic rings. The van der Waals surface area contributed by atoms with E-state index in [2.05, 4.69) is 9.72 Å². The van der Waals surface area contributed by atoms with Crippen LogP contribution in [-0.4, -0.2) is 17.8 Å². The lowest BCUT2D eigenvalue weighted by molar-refractivity contribution is -0.154. The Kier molecular flexibility index (Phi) is 3.06. The van der Waals surface area contributed by atoms with Crippen LogP contribution in [0.15, 0.2) is 30.3 Å². The van der Waals surface area contributed by atoms with Gasteiger partial charge in [0.2, 0.25) is 5.88 Å². The van der Waals surface area contributed by atoms with Gasteiger partial charge in [0.05, 0.1) is 11.1 Å². The van der Waals surface area contributed by atoms with Crippen molar-refractivity contribution in [3.8, 4) is 11.9 Å². The lowest BCUT2D eigenvalue weighted by atomic mass is 10.1. The molecule has 1 heterocycles. The fraction of sp³-hybridized carbons (Fsp3) is 0.167. The van der Waals surface area contributed by atoms with Crippen molar-refractivity contribution >= 4 is 10.9 Å². The third kappa shape index (κ3) is 2.69. The molecule has 92 valence electrons. The Labute approximate surface area is 100 Å². The van der Waals surface area contributed by atoms with Crippen LogP contribution in [0.1, 0.15) is 5.56 Å². The summed E-state index contributed by atoms with van der Waals surface area (Å²) in [7, 11) is 0. The van der Waals surface area contributed by atoms with Crippen LogP contribution >= 0.6 is 0 Å². The molecule has 1 aromatic heterocycles. The molecule has 0 aliphatic carbocycles. The first-order chi connectivity index (χ1) is 8.49. The number of para-hydroxylation sites is 1. The summed E-state index contributed by atoms with van der Waals surface area (Å²) < 4.78 is 40.6. The van der Waals surface area contributed by atoms with E-state index < -0.39 is 12.8 Å².